The Morgan fingerprint density at radius 1 is 1.19 bits per heavy atom. The molecule has 9 heteroatoms. The van der Waals surface area contributed by atoms with Gasteiger partial charge in [0.15, 0.2) is 0 Å². The maximum absolute atomic E-state index is 13.0. The molecule has 2 aromatic carbocycles. The fraction of sp³-hybridized carbons (Fsp3) is 0.435. The normalized spacial score (nSPS) is 18.2. The van der Waals surface area contributed by atoms with Crippen LogP contribution in [0.25, 0.3) is 0 Å². The maximum Gasteiger partial charge on any atom is 0.224 e. The maximum atomic E-state index is 13.0. The number of hydrogen-bond acceptors (Lipinski definition) is 4. The standard InChI is InChI=1S/C23H28Cl2N2O4S/c1-3-31-19-11-9-17(10-12-19)16(2)26-23(28)18-6-5-13-27(14-18)32(29,30)15-20-21(24)7-4-8-22(20)25/h4,7-12,16,18H,3,5-6,13-15H2,1-2H3,(H,26,28)/t16-,18+/m1/s1. The molecule has 0 radical (unpaired) electrons. The number of rotatable bonds is 8. The van der Waals surface area contributed by atoms with Crippen molar-refractivity contribution < 1.29 is 17.9 Å². The van der Waals surface area contributed by atoms with Crippen molar-refractivity contribution in [2.75, 3.05) is 19.7 Å². The van der Waals surface area contributed by atoms with Gasteiger partial charge >= 0.3 is 0 Å². The molecule has 1 amide bonds. The second-order valence-electron chi connectivity index (χ2n) is 7.89. The average Bonchev–Trinajstić information content (AvgIpc) is 2.77. The molecule has 1 fully saturated rings. The number of benzene rings is 2. The van der Waals surface area contributed by atoms with E-state index in [1.54, 1.807) is 18.2 Å². The third-order valence-corrected chi connectivity index (χ3v) is 8.07. The van der Waals surface area contributed by atoms with Crippen LogP contribution in [-0.2, 0) is 20.6 Å². The zero-order valence-electron chi connectivity index (χ0n) is 18.2. The predicted molar refractivity (Wildman–Crippen MR) is 128 cm³/mol. The van der Waals surface area contributed by atoms with Crippen molar-refractivity contribution in [3.63, 3.8) is 0 Å². The number of halogens is 2. The fourth-order valence-corrected chi connectivity index (χ4v) is 6.15. The van der Waals surface area contributed by atoms with Crippen LogP contribution in [0.2, 0.25) is 10.0 Å². The third kappa shape index (κ3) is 6.16. The van der Waals surface area contributed by atoms with Crippen LogP contribution in [0.3, 0.4) is 0 Å². The summed E-state index contributed by atoms with van der Waals surface area (Å²) in [5, 5.41) is 3.65. The van der Waals surface area contributed by atoms with Gasteiger partial charge in [-0.2, -0.15) is 0 Å². The van der Waals surface area contributed by atoms with Crippen molar-refractivity contribution in [2.24, 2.45) is 5.92 Å². The molecule has 0 saturated carbocycles. The van der Waals surface area contributed by atoms with Gasteiger partial charge in [-0.25, -0.2) is 12.7 Å². The molecular weight excluding hydrogens is 471 g/mol. The van der Waals surface area contributed by atoms with Crippen molar-refractivity contribution in [1.29, 1.82) is 0 Å². The first-order valence-electron chi connectivity index (χ1n) is 10.6. The minimum atomic E-state index is -3.67. The molecule has 174 valence electrons. The van der Waals surface area contributed by atoms with Crippen molar-refractivity contribution in [2.45, 2.75) is 38.5 Å². The van der Waals surface area contributed by atoms with E-state index in [0.29, 0.717) is 41.6 Å². The van der Waals surface area contributed by atoms with Crippen molar-refractivity contribution >= 4 is 39.1 Å². The van der Waals surface area contributed by atoms with Gasteiger partial charge in [-0.15, -0.1) is 0 Å². The minimum absolute atomic E-state index is 0.145. The molecule has 0 spiro atoms. The van der Waals surface area contributed by atoms with Crippen molar-refractivity contribution in [1.82, 2.24) is 9.62 Å². The van der Waals surface area contributed by atoms with Gasteiger partial charge in [0.1, 0.15) is 5.75 Å². The summed E-state index contributed by atoms with van der Waals surface area (Å²) in [5.41, 5.74) is 1.34. The number of carbonyl (C=O) groups excluding carboxylic acids is 1. The van der Waals surface area contributed by atoms with Crippen LogP contribution in [0, 0.1) is 5.92 Å². The van der Waals surface area contributed by atoms with Gasteiger partial charge < -0.3 is 10.1 Å². The monoisotopic (exact) mass is 498 g/mol. The van der Waals surface area contributed by atoms with Crippen molar-refractivity contribution in [3.05, 3.63) is 63.6 Å². The van der Waals surface area contributed by atoms with E-state index in [1.165, 1.54) is 4.31 Å². The molecule has 1 aliphatic rings. The van der Waals surface area contributed by atoms with E-state index in [2.05, 4.69) is 5.32 Å². The first kappa shape index (κ1) is 24.8. The molecule has 1 N–H and O–H groups in total. The quantitative estimate of drug-likeness (QED) is 0.566. The first-order chi connectivity index (χ1) is 15.2. The molecule has 32 heavy (non-hydrogen) atoms. The van der Waals surface area contributed by atoms with E-state index in [4.69, 9.17) is 27.9 Å². The molecule has 2 aromatic rings. The molecule has 2 atom stereocenters. The molecule has 1 saturated heterocycles. The van der Waals surface area contributed by atoms with E-state index >= 15 is 0 Å². The average molecular weight is 499 g/mol. The number of nitrogens with one attached hydrogen (secondary N) is 1. The van der Waals surface area contributed by atoms with E-state index in [0.717, 1.165) is 11.3 Å². The Kier molecular flexibility index (Phi) is 8.44. The van der Waals surface area contributed by atoms with Gasteiger partial charge in [0.05, 0.1) is 24.3 Å². The first-order valence-corrected chi connectivity index (χ1v) is 13.0. The number of nitrogens with zero attached hydrogens (tertiary/aromatic N) is 1. The number of piperidine rings is 1. The summed E-state index contributed by atoms with van der Waals surface area (Å²) in [6, 6.07) is 12.3. The highest BCUT2D eigenvalue weighted by molar-refractivity contribution is 7.88. The van der Waals surface area contributed by atoms with Gasteiger partial charge in [-0.3, -0.25) is 4.79 Å². The molecule has 0 unspecified atom stereocenters. The lowest BCUT2D eigenvalue weighted by molar-refractivity contribution is -0.126. The molecule has 0 aromatic heterocycles. The highest BCUT2D eigenvalue weighted by Gasteiger charge is 2.33. The molecule has 0 aliphatic carbocycles. The van der Waals surface area contributed by atoms with Gasteiger partial charge in [0.25, 0.3) is 0 Å². The van der Waals surface area contributed by atoms with Crippen LogP contribution in [0.5, 0.6) is 5.75 Å². The summed E-state index contributed by atoms with van der Waals surface area (Å²) in [7, 11) is -3.67. The summed E-state index contributed by atoms with van der Waals surface area (Å²) in [6.07, 6.45) is 1.26. The zero-order chi connectivity index (χ0) is 23.3. The lowest BCUT2D eigenvalue weighted by Gasteiger charge is -2.32. The van der Waals surface area contributed by atoms with Gasteiger partial charge in [0.2, 0.25) is 15.9 Å². The fourth-order valence-electron chi connectivity index (χ4n) is 3.79. The Balaban J connectivity index is 1.63. The topological polar surface area (TPSA) is 75.7 Å². The Labute approximate surface area is 199 Å². The van der Waals surface area contributed by atoms with Crippen LogP contribution in [0.15, 0.2) is 42.5 Å². The van der Waals surface area contributed by atoms with Crippen LogP contribution >= 0.6 is 23.2 Å². The Hall–Kier alpha value is -1.80. The minimum Gasteiger partial charge on any atom is -0.494 e. The van der Waals surface area contributed by atoms with Crippen molar-refractivity contribution in [3.8, 4) is 5.75 Å². The number of amides is 1. The smallest absolute Gasteiger partial charge is 0.224 e. The number of ether oxygens (including phenoxy) is 1. The van der Waals surface area contributed by atoms with Crippen LogP contribution in [0.1, 0.15) is 43.9 Å². The van der Waals surface area contributed by atoms with Crippen LogP contribution in [-0.4, -0.2) is 38.3 Å². The molecule has 3 rings (SSSR count). The second kappa shape index (κ2) is 10.9. The van der Waals surface area contributed by atoms with E-state index in [1.807, 2.05) is 38.1 Å². The second-order valence-corrected chi connectivity index (χ2v) is 10.7. The van der Waals surface area contributed by atoms with E-state index < -0.39 is 15.9 Å². The highest BCUT2D eigenvalue weighted by atomic mass is 35.5. The Morgan fingerprint density at radius 2 is 1.84 bits per heavy atom. The number of carbonyl (C=O) groups is 1. The third-order valence-electron chi connectivity index (χ3n) is 5.59. The molecular formula is C23H28Cl2N2O4S. The number of sulfonamides is 1. The number of hydrogen-bond donors (Lipinski definition) is 1. The SMILES string of the molecule is CCOc1ccc([C@@H](C)NC(=O)[C@H]2CCCN(S(=O)(=O)Cc3c(Cl)cccc3Cl)C2)cc1. The largest absolute Gasteiger partial charge is 0.494 e. The van der Waals surface area contributed by atoms with Gasteiger partial charge in [-0.1, -0.05) is 41.4 Å². The van der Waals surface area contributed by atoms with Gasteiger partial charge in [-0.05, 0) is 56.5 Å². The summed E-state index contributed by atoms with van der Waals surface area (Å²) in [4.78, 5) is 12.9. The summed E-state index contributed by atoms with van der Waals surface area (Å²) in [6.45, 7) is 4.95. The van der Waals surface area contributed by atoms with E-state index in [-0.39, 0.29) is 24.2 Å². The Bertz CT molecular complexity index is 1020. The predicted octanol–water partition coefficient (Wildman–Crippen LogP) is 4.81. The Morgan fingerprint density at radius 3 is 2.47 bits per heavy atom. The summed E-state index contributed by atoms with van der Waals surface area (Å²) >= 11 is 12.3. The van der Waals surface area contributed by atoms with E-state index in [9.17, 15) is 13.2 Å². The summed E-state index contributed by atoms with van der Waals surface area (Å²) < 4.78 is 32.9. The molecule has 6 nitrogen and oxygen atoms in total. The highest BCUT2D eigenvalue weighted by Crippen LogP contribution is 2.29. The molecule has 1 aliphatic heterocycles. The molecule has 1 heterocycles. The van der Waals surface area contributed by atoms with Gasteiger partial charge in [0, 0.05) is 28.7 Å². The lowest BCUT2D eigenvalue weighted by atomic mass is 9.98. The van der Waals surface area contributed by atoms with Crippen LogP contribution < -0.4 is 10.1 Å². The summed E-state index contributed by atoms with van der Waals surface area (Å²) in [5.74, 6) is -0.0726. The van der Waals surface area contributed by atoms with Crippen LogP contribution in [0.4, 0.5) is 0 Å². The lowest BCUT2D eigenvalue weighted by Crippen LogP contribution is -2.46. The zero-order valence-corrected chi connectivity index (χ0v) is 20.5. The molecule has 0 bridgehead atoms.